The number of carbonyl (C=O) groups is 1. The average molecular weight is 524 g/mol. The Morgan fingerprint density at radius 1 is 0.583 bits per heavy atom. The van der Waals surface area contributed by atoms with E-state index in [-0.39, 0.29) is 12.4 Å². The minimum Gasteiger partial charge on any atom is -0.379 e. The van der Waals surface area contributed by atoms with Crippen LogP contribution >= 0.6 is 0 Å². The third-order valence-electron chi connectivity index (χ3n) is 4.21. The molecule has 0 aromatic rings. The second-order valence-electron chi connectivity index (χ2n) is 7.13. The quantitative estimate of drug-likeness (QED) is 0.0570. The summed E-state index contributed by atoms with van der Waals surface area (Å²) in [5.74, 6) is 0.106. The van der Waals surface area contributed by atoms with E-state index in [1.807, 2.05) is 6.92 Å². The lowest BCUT2D eigenvalue weighted by Crippen LogP contribution is -2.15. The average Bonchev–Trinajstić information content (AvgIpc) is 2.89. The molecule has 0 aliphatic rings. The summed E-state index contributed by atoms with van der Waals surface area (Å²) in [5.41, 5.74) is 8.11. The van der Waals surface area contributed by atoms with Crippen LogP contribution in [0.3, 0.4) is 0 Å². The standard InChI is InChI=1S/C23H45N3O10/c1-2-28-22-23(27)4-3-6-29-8-10-31-12-14-33-16-18-35-20-21-36-19-17-34-15-13-32-11-9-30-7-5-25-26-24/h2-22H2,1H3. The first-order chi connectivity index (χ1) is 17.8. The molecule has 13 heteroatoms. The van der Waals surface area contributed by atoms with Crippen LogP contribution in [0.1, 0.15) is 19.8 Å². The number of azide groups is 1. The third kappa shape index (κ3) is 30.7. The summed E-state index contributed by atoms with van der Waals surface area (Å²) in [5, 5.41) is 3.36. The molecule has 0 bridgehead atoms. The van der Waals surface area contributed by atoms with Gasteiger partial charge in [-0.1, -0.05) is 5.11 Å². The summed E-state index contributed by atoms with van der Waals surface area (Å²) in [7, 11) is 0. The molecule has 0 aromatic carbocycles. The van der Waals surface area contributed by atoms with E-state index in [2.05, 4.69) is 10.0 Å². The Hall–Kier alpha value is -1.38. The van der Waals surface area contributed by atoms with Crippen molar-refractivity contribution in [2.24, 2.45) is 5.11 Å². The van der Waals surface area contributed by atoms with Gasteiger partial charge >= 0.3 is 0 Å². The van der Waals surface area contributed by atoms with Crippen molar-refractivity contribution in [1.82, 2.24) is 0 Å². The minimum atomic E-state index is 0.106. The third-order valence-corrected chi connectivity index (χ3v) is 4.21. The van der Waals surface area contributed by atoms with Gasteiger partial charge in [0.25, 0.3) is 0 Å². The zero-order valence-corrected chi connectivity index (χ0v) is 21.8. The zero-order chi connectivity index (χ0) is 26.2. The van der Waals surface area contributed by atoms with E-state index in [4.69, 9.17) is 48.2 Å². The highest BCUT2D eigenvalue weighted by molar-refractivity contribution is 5.79. The second-order valence-corrected chi connectivity index (χ2v) is 7.13. The van der Waals surface area contributed by atoms with Crippen LogP contribution in [0.5, 0.6) is 0 Å². The summed E-state index contributed by atoms with van der Waals surface area (Å²) in [4.78, 5) is 14.0. The van der Waals surface area contributed by atoms with Gasteiger partial charge < -0.3 is 42.6 Å². The van der Waals surface area contributed by atoms with Crippen molar-refractivity contribution in [3.8, 4) is 0 Å². The summed E-state index contributed by atoms with van der Waals surface area (Å²) in [6.45, 7) is 10.8. The van der Waals surface area contributed by atoms with Gasteiger partial charge in [-0.05, 0) is 18.9 Å². The van der Waals surface area contributed by atoms with Gasteiger partial charge in [-0.2, -0.15) is 0 Å². The van der Waals surface area contributed by atoms with Crippen LogP contribution in [0, 0.1) is 0 Å². The predicted molar refractivity (Wildman–Crippen MR) is 131 cm³/mol. The lowest BCUT2D eigenvalue weighted by Gasteiger charge is -2.08. The highest BCUT2D eigenvalue weighted by Crippen LogP contribution is 1.93. The highest BCUT2D eigenvalue weighted by atomic mass is 16.6. The second kappa shape index (κ2) is 31.6. The maximum Gasteiger partial charge on any atom is 0.158 e. The first-order valence-electron chi connectivity index (χ1n) is 12.5. The number of carbonyl (C=O) groups excluding carboxylic acids is 1. The first-order valence-corrected chi connectivity index (χ1v) is 12.5. The molecule has 0 saturated carbocycles. The molecule has 0 heterocycles. The molecule has 212 valence electrons. The molecular weight excluding hydrogens is 478 g/mol. The molecule has 0 spiro atoms. The number of ether oxygens (including phenoxy) is 9. The molecule has 36 heavy (non-hydrogen) atoms. The van der Waals surface area contributed by atoms with Crippen LogP contribution in [-0.2, 0) is 47.4 Å². The first kappa shape index (κ1) is 34.6. The van der Waals surface area contributed by atoms with E-state index >= 15 is 0 Å². The predicted octanol–water partition coefficient (Wildman–Crippen LogP) is 1.82. The van der Waals surface area contributed by atoms with Crippen molar-refractivity contribution < 1.29 is 47.4 Å². The fourth-order valence-electron chi connectivity index (χ4n) is 2.45. The fraction of sp³-hybridized carbons (Fsp3) is 0.957. The number of hydrogen-bond acceptors (Lipinski definition) is 11. The van der Waals surface area contributed by atoms with Crippen LogP contribution in [-0.4, -0.2) is 131 Å². The maximum atomic E-state index is 11.4. The van der Waals surface area contributed by atoms with Gasteiger partial charge in [0.15, 0.2) is 5.78 Å². The van der Waals surface area contributed by atoms with Crippen molar-refractivity contribution in [3.05, 3.63) is 10.4 Å². The summed E-state index contributed by atoms with van der Waals surface area (Å²) < 4.78 is 48.1. The molecule has 0 radical (unpaired) electrons. The van der Waals surface area contributed by atoms with Gasteiger partial charge in [0, 0.05) is 31.1 Å². The Labute approximate surface area is 214 Å². The van der Waals surface area contributed by atoms with Gasteiger partial charge in [-0.25, -0.2) is 0 Å². The van der Waals surface area contributed by atoms with Crippen LogP contribution < -0.4 is 0 Å². The number of rotatable bonds is 31. The molecule has 0 atom stereocenters. The molecule has 0 aliphatic heterocycles. The smallest absolute Gasteiger partial charge is 0.158 e. The molecular formula is C23H45N3O10. The number of hydrogen-bond donors (Lipinski definition) is 0. The topological polar surface area (TPSA) is 149 Å². The molecule has 0 unspecified atom stereocenters. The van der Waals surface area contributed by atoms with E-state index < -0.39 is 0 Å². The van der Waals surface area contributed by atoms with Gasteiger partial charge in [0.05, 0.1) is 99.1 Å². The van der Waals surface area contributed by atoms with Crippen molar-refractivity contribution >= 4 is 5.78 Å². The normalized spacial score (nSPS) is 11.0. The molecule has 0 fully saturated rings. The highest BCUT2D eigenvalue weighted by Gasteiger charge is 2.01. The van der Waals surface area contributed by atoms with E-state index in [1.54, 1.807) is 0 Å². The lowest BCUT2D eigenvalue weighted by atomic mass is 10.2. The molecule has 0 saturated heterocycles. The van der Waals surface area contributed by atoms with Crippen LogP contribution in [0.4, 0.5) is 0 Å². The minimum absolute atomic E-state index is 0.106. The van der Waals surface area contributed by atoms with E-state index in [0.29, 0.717) is 132 Å². The summed E-state index contributed by atoms with van der Waals surface area (Å²) >= 11 is 0. The van der Waals surface area contributed by atoms with E-state index in [1.165, 1.54) is 0 Å². The number of Topliss-reactive ketones (excluding diaryl/α,β-unsaturated/α-hetero) is 1. The van der Waals surface area contributed by atoms with Crippen molar-refractivity contribution in [2.75, 3.05) is 125 Å². The van der Waals surface area contributed by atoms with Gasteiger partial charge in [0.1, 0.15) is 6.61 Å². The van der Waals surface area contributed by atoms with Gasteiger partial charge in [0.2, 0.25) is 0 Å². The van der Waals surface area contributed by atoms with Crippen molar-refractivity contribution in [1.29, 1.82) is 0 Å². The lowest BCUT2D eigenvalue weighted by molar-refractivity contribution is -0.123. The monoisotopic (exact) mass is 523 g/mol. The Bertz CT molecular complexity index is 511. The number of nitrogens with zero attached hydrogens (tertiary/aromatic N) is 3. The molecule has 0 aromatic heterocycles. The fourth-order valence-corrected chi connectivity index (χ4v) is 2.45. The van der Waals surface area contributed by atoms with Gasteiger partial charge in [-0.15, -0.1) is 0 Å². The van der Waals surface area contributed by atoms with E-state index in [0.717, 1.165) is 0 Å². The molecule has 13 nitrogen and oxygen atoms in total. The van der Waals surface area contributed by atoms with Crippen LogP contribution in [0.15, 0.2) is 5.11 Å². The van der Waals surface area contributed by atoms with E-state index in [9.17, 15) is 4.79 Å². The zero-order valence-electron chi connectivity index (χ0n) is 21.8. The molecule has 0 rings (SSSR count). The number of ketones is 1. The Morgan fingerprint density at radius 3 is 1.31 bits per heavy atom. The largest absolute Gasteiger partial charge is 0.379 e. The molecule has 0 N–H and O–H groups in total. The maximum absolute atomic E-state index is 11.4. The van der Waals surface area contributed by atoms with Crippen LogP contribution in [0.2, 0.25) is 0 Å². The summed E-state index contributed by atoms with van der Waals surface area (Å²) in [6, 6.07) is 0. The molecule has 0 aliphatic carbocycles. The SMILES string of the molecule is CCOCC(=O)CCCOCCOCCOCCOCCOCCOCCOCCOCCN=[N+]=[N-]. The Balaban J connectivity index is 3.06. The van der Waals surface area contributed by atoms with Gasteiger partial charge in [-0.3, -0.25) is 4.79 Å². The summed E-state index contributed by atoms with van der Waals surface area (Å²) in [6.07, 6.45) is 1.18. The molecule has 0 amide bonds. The van der Waals surface area contributed by atoms with Crippen molar-refractivity contribution in [3.63, 3.8) is 0 Å². The Kier molecular flexibility index (Phi) is 30.4. The Morgan fingerprint density at radius 2 is 0.944 bits per heavy atom. The van der Waals surface area contributed by atoms with Crippen molar-refractivity contribution in [2.45, 2.75) is 19.8 Å². The van der Waals surface area contributed by atoms with Crippen LogP contribution in [0.25, 0.3) is 10.4 Å².